The van der Waals surface area contributed by atoms with Crippen LogP contribution in [0.5, 0.6) is 0 Å². The number of benzene rings is 11. The Morgan fingerprint density at radius 2 is 0.689 bits per heavy atom. The zero-order valence-electron chi connectivity index (χ0n) is 33.6. The summed E-state index contributed by atoms with van der Waals surface area (Å²) in [4.78, 5) is 2.40. The molecule has 11 aromatic rings. The first-order valence-electron chi connectivity index (χ1n) is 21.0. The Morgan fingerprint density at radius 1 is 0.197 bits per heavy atom. The topological polar surface area (TPSA) is 3.24 Å². The highest BCUT2D eigenvalue weighted by molar-refractivity contribution is 6.14. The summed E-state index contributed by atoms with van der Waals surface area (Å²) >= 11 is 0. The fraction of sp³-hybridized carbons (Fsp3) is 0. The van der Waals surface area contributed by atoms with E-state index in [1.807, 2.05) is 0 Å². The zero-order chi connectivity index (χ0) is 40.5. The maximum atomic E-state index is 2.40. The second-order valence-corrected chi connectivity index (χ2v) is 15.7. The lowest BCUT2D eigenvalue weighted by atomic mass is 9.91. The van der Waals surface area contributed by atoms with Crippen LogP contribution >= 0.6 is 0 Å². The normalized spacial score (nSPS) is 11.3. The molecule has 0 aliphatic heterocycles. The molecule has 0 aliphatic rings. The zero-order valence-corrected chi connectivity index (χ0v) is 33.6. The van der Waals surface area contributed by atoms with Gasteiger partial charge in [-0.15, -0.1) is 0 Å². The molecule has 0 bridgehead atoms. The highest BCUT2D eigenvalue weighted by Crippen LogP contribution is 2.44. The van der Waals surface area contributed by atoms with Crippen molar-refractivity contribution < 1.29 is 0 Å². The first-order valence-corrected chi connectivity index (χ1v) is 21.0. The second-order valence-electron chi connectivity index (χ2n) is 15.7. The van der Waals surface area contributed by atoms with Crippen LogP contribution in [0, 0.1) is 0 Å². The quantitative estimate of drug-likeness (QED) is 0.139. The average Bonchev–Trinajstić information content (AvgIpc) is 3.34. The number of hydrogen-bond donors (Lipinski definition) is 0. The van der Waals surface area contributed by atoms with Gasteiger partial charge in [0.15, 0.2) is 0 Å². The van der Waals surface area contributed by atoms with E-state index in [1.165, 1.54) is 88.0 Å². The first-order chi connectivity index (χ1) is 30.2. The Bertz CT molecular complexity index is 3330. The van der Waals surface area contributed by atoms with Crippen molar-refractivity contribution in [3.05, 3.63) is 249 Å². The van der Waals surface area contributed by atoms with Gasteiger partial charge in [0.2, 0.25) is 0 Å². The SMILES string of the molecule is c1ccc(-c2ccc(N(c3cccc(-c4cc5ccccc5c5ccccc45)c3)c3ccc(-c4ccc(-c5cccc6ccccc56)cc4)c(-c4ccccc4)c3)cc2)cc1. The summed E-state index contributed by atoms with van der Waals surface area (Å²) in [5.74, 6) is 0. The van der Waals surface area contributed by atoms with E-state index in [1.54, 1.807) is 0 Å². The number of hydrogen-bond acceptors (Lipinski definition) is 1. The number of rotatable bonds is 8. The molecule has 0 aliphatic carbocycles. The Kier molecular flexibility index (Phi) is 9.26. The van der Waals surface area contributed by atoms with Crippen LogP contribution in [0.2, 0.25) is 0 Å². The molecule has 11 rings (SSSR count). The molecule has 61 heavy (non-hydrogen) atoms. The summed E-state index contributed by atoms with van der Waals surface area (Å²) < 4.78 is 0. The Labute approximate surface area is 357 Å². The molecular formula is C60H41N. The van der Waals surface area contributed by atoms with Crippen LogP contribution in [0.25, 0.3) is 88.0 Å². The summed E-state index contributed by atoms with van der Waals surface area (Å²) in [6, 6.07) is 90.5. The molecule has 0 radical (unpaired) electrons. The summed E-state index contributed by atoms with van der Waals surface area (Å²) in [7, 11) is 0. The maximum Gasteiger partial charge on any atom is 0.0468 e. The molecule has 0 saturated heterocycles. The van der Waals surface area contributed by atoms with E-state index < -0.39 is 0 Å². The number of nitrogens with zero attached hydrogens (tertiary/aromatic N) is 1. The largest absolute Gasteiger partial charge is 0.310 e. The van der Waals surface area contributed by atoms with Gasteiger partial charge in [0.05, 0.1) is 0 Å². The number of anilines is 3. The molecule has 0 heterocycles. The van der Waals surface area contributed by atoms with Gasteiger partial charge in [0.1, 0.15) is 0 Å². The van der Waals surface area contributed by atoms with E-state index in [4.69, 9.17) is 0 Å². The molecular weight excluding hydrogens is 735 g/mol. The van der Waals surface area contributed by atoms with Crippen molar-refractivity contribution in [3.8, 4) is 55.6 Å². The molecule has 0 N–H and O–H groups in total. The van der Waals surface area contributed by atoms with Crippen LogP contribution in [0.4, 0.5) is 17.1 Å². The van der Waals surface area contributed by atoms with E-state index >= 15 is 0 Å². The molecule has 0 unspecified atom stereocenters. The third-order valence-corrected chi connectivity index (χ3v) is 12.1. The van der Waals surface area contributed by atoms with Crippen molar-refractivity contribution in [3.63, 3.8) is 0 Å². The van der Waals surface area contributed by atoms with Gasteiger partial charge < -0.3 is 4.90 Å². The predicted molar refractivity (Wildman–Crippen MR) is 261 cm³/mol. The monoisotopic (exact) mass is 775 g/mol. The smallest absolute Gasteiger partial charge is 0.0468 e. The van der Waals surface area contributed by atoms with Crippen LogP contribution in [-0.2, 0) is 0 Å². The molecule has 286 valence electrons. The lowest BCUT2D eigenvalue weighted by Gasteiger charge is -2.27. The lowest BCUT2D eigenvalue weighted by Crippen LogP contribution is -2.10. The third-order valence-electron chi connectivity index (χ3n) is 12.1. The highest BCUT2D eigenvalue weighted by atomic mass is 15.1. The van der Waals surface area contributed by atoms with Crippen molar-refractivity contribution in [1.82, 2.24) is 0 Å². The van der Waals surface area contributed by atoms with Gasteiger partial charge in [-0.05, 0) is 130 Å². The average molecular weight is 776 g/mol. The van der Waals surface area contributed by atoms with Gasteiger partial charge in [-0.1, -0.05) is 206 Å². The molecule has 1 heteroatoms. The Hall–Kier alpha value is -8.00. The molecule has 11 aromatic carbocycles. The van der Waals surface area contributed by atoms with Gasteiger partial charge in [-0.25, -0.2) is 0 Å². The fourth-order valence-corrected chi connectivity index (χ4v) is 9.07. The summed E-state index contributed by atoms with van der Waals surface area (Å²) in [5, 5.41) is 7.54. The minimum absolute atomic E-state index is 1.09. The summed E-state index contributed by atoms with van der Waals surface area (Å²) in [6.45, 7) is 0. The molecule has 0 fully saturated rings. The van der Waals surface area contributed by atoms with Crippen LogP contribution in [0.3, 0.4) is 0 Å². The first kappa shape index (κ1) is 36.1. The van der Waals surface area contributed by atoms with Gasteiger partial charge in [0, 0.05) is 17.1 Å². The van der Waals surface area contributed by atoms with E-state index in [0.29, 0.717) is 0 Å². The lowest BCUT2D eigenvalue weighted by molar-refractivity contribution is 1.28. The molecule has 0 atom stereocenters. The van der Waals surface area contributed by atoms with E-state index in [0.717, 1.165) is 17.1 Å². The summed E-state index contributed by atoms with van der Waals surface area (Å²) in [5.41, 5.74) is 15.2. The van der Waals surface area contributed by atoms with E-state index in [9.17, 15) is 0 Å². The van der Waals surface area contributed by atoms with Gasteiger partial charge >= 0.3 is 0 Å². The number of fused-ring (bicyclic) bond motifs is 4. The van der Waals surface area contributed by atoms with Crippen LogP contribution in [-0.4, -0.2) is 0 Å². The summed E-state index contributed by atoms with van der Waals surface area (Å²) in [6.07, 6.45) is 0. The maximum absolute atomic E-state index is 2.40. The van der Waals surface area contributed by atoms with Gasteiger partial charge in [-0.2, -0.15) is 0 Å². The molecule has 0 aromatic heterocycles. The minimum Gasteiger partial charge on any atom is -0.310 e. The van der Waals surface area contributed by atoms with Crippen LogP contribution in [0.15, 0.2) is 249 Å². The van der Waals surface area contributed by atoms with Gasteiger partial charge in [0.25, 0.3) is 0 Å². The van der Waals surface area contributed by atoms with Crippen molar-refractivity contribution >= 4 is 49.4 Å². The Morgan fingerprint density at radius 3 is 1.44 bits per heavy atom. The Balaban J connectivity index is 1.06. The van der Waals surface area contributed by atoms with Crippen molar-refractivity contribution in [2.75, 3.05) is 4.90 Å². The highest BCUT2D eigenvalue weighted by Gasteiger charge is 2.19. The predicted octanol–water partition coefficient (Wildman–Crippen LogP) is 17.0. The standard InChI is InChI=1S/C60H41N/c1-3-15-42(16-4-1)43-33-35-50(36-34-43)61(51-23-13-22-48(39-51)59-40-49-20-8-10-25-55(49)57-26-11-12-27-58(57)59)52-37-38-56(60(41-52)45-17-5-2-6-18-45)47-31-29-46(30-32-47)54-28-14-21-44-19-7-9-24-53(44)54/h1-41H. The third kappa shape index (κ3) is 6.83. The van der Waals surface area contributed by atoms with Crippen molar-refractivity contribution in [2.45, 2.75) is 0 Å². The molecule has 0 spiro atoms. The van der Waals surface area contributed by atoms with E-state index in [-0.39, 0.29) is 0 Å². The van der Waals surface area contributed by atoms with Crippen LogP contribution in [0.1, 0.15) is 0 Å². The van der Waals surface area contributed by atoms with Gasteiger partial charge in [-0.3, -0.25) is 0 Å². The molecule has 1 nitrogen and oxygen atoms in total. The molecule has 0 amide bonds. The fourth-order valence-electron chi connectivity index (χ4n) is 9.07. The second kappa shape index (κ2) is 15.6. The van der Waals surface area contributed by atoms with Crippen molar-refractivity contribution in [1.29, 1.82) is 0 Å². The minimum atomic E-state index is 1.09. The van der Waals surface area contributed by atoms with Crippen LogP contribution < -0.4 is 4.90 Å². The van der Waals surface area contributed by atoms with E-state index in [2.05, 4.69) is 254 Å². The molecule has 0 saturated carbocycles. The van der Waals surface area contributed by atoms with Crippen molar-refractivity contribution in [2.24, 2.45) is 0 Å².